The Kier molecular flexibility index (Phi) is 5.34. The van der Waals surface area contributed by atoms with Crippen LogP contribution >= 0.6 is 15.9 Å². The topological polar surface area (TPSA) is 42.4 Å². The Morgan fingerprint density at radius 2 is 2.42 bits per heavy atom. The van der Waals surface area contributed by atoms with Gasteiger partial charge >= 0.3 is 5.97 Å². The van der Waals surface area contributed by atoms with Crippen LogP contribution in [0.1, 0.15) is 25.3 Å². The molecule has 19 heavy (non-hydrogen) atoms. The summed E-state index contributed by atoms with van der Waals surface area (Å²) in [5.41, 5.74) is 1.17. The third kappa shape index (κ3) is 4.28. The third-order valence-electron chi connectivity index (χ3n) is 3.29. The van der Waals surface area contributed by atoms with E-state index in [1.54, 1.807) is 6.20 Å². The molecule has 1 aliphatic heterocycles. The summed E-state index contributed by atoms with van der Waals surface area (Å²) in [6, 6.07) is 2.07. The number of rotatable bonds is 4. The lowest BCUT2D eigenvalue weighted by molar-refractivity contribution is -0.150. The average Bonchev–Trinajstić information content (AvgIpc) is 2.39. The first-order valence-corrected chi connectivity index (χ1v) is 7.46. The number of esters is 1. The second kappa shape index (κ2) is 7.01. The van der Waals surface area contributed by atoms with Gasteiger partial charge in [0.25, 0.3) is 0 Å². The molecule has 0 bridgehead atoms. The molecule has 0 N–H and O–H groups in total. The Bertz CT molecular complexity index is 439. The second-order valence-corrected chi connectivity index (χ2v) is 5.75. The molecule has 2 heterocycles. The maximum atomic E-state index is 11.8. The molecule has 1 aliphatic rings. The number of carbonyl (C=O) groups excluding carboxylic acids is 1. The summed E-state index contributed by atoms with van der Waals surface area (Å²) in [6.45, 7) is 4.96. The van der Waals surface area contributed by atoms with Gasteiger partial charge in [0.2, 0.25) is 0 Å². The van der Waals surface area contributed by atoms with E-state index in [2.05, 4.69) is 31.9 Å². The molecule has 0 radical (unpaired) electrons. The van der Waals surface area contributed by atoms with Crippen LogP contribution in [0.25, 0.3) is 0 Å². The van der Waals surface area contributed by atoms with Crippen LogP contribution in [-0.4, -0.2) is 35.5 Å². The van der Waals surface area contributed by atoms with Crippen molar-refractivity contribution in [2.75, 3.05) is 19.7 Å². The summed E-state index contributed by atoms with van der Waals surface area (Å²) in [7, 11) is 0. The zero-order valence-electron chi connectivity index (χ0n) is 11.1. The predicted octanol–water partition coefficient (Wildman–Crippen LogP) is 2.62. The van der Waals surface area contributed by atoms with Gasteiger partial charge in [0.05, 0.1) is 12.5 Å². The molecule has 1 atom stereocenters. The molecule has 1 aromatic heterocycles. The van der Waals surface area contributed by atoms with E-state index in [-0.39, 0.29) is 11.9 Å². The van der Waals surface area contributed by atoms with E-state index in [1.807, 2.05) is 13.1 Å². The highest BCUT2D eigenvalue weighted by atomic mass is 79.9. The number of carbonyl (C=O) groups is 1. The number of hydrogen-bond acceptors (Lipinski definition) is 4. The minimum atomic E-state index is -0.0560. The van der Waals surface area contributed by atoms with Gasteiger partial charge in [-0.3, -0.25) is 14.7 Å². The van der Waals surface area contributed by atoms with Gasteiger partial charge in [0.1, 0.15) is 0 Å². The zero-order chi connectivity index (χ0) is 13.7. The van der Waals surface area contributed by atoms with Crippen molar-refractivity contribution >= 4 is 21.9 Å². The number of hydrogen-bond donors (Lipinski definition) is 0. The van der Waals surface area contributed by atoms with Gasteiger partial charge in [0.15, 0.2) is 0 Å². The first-order chi connectivity index (χ1) is 9.19. The number of ether oxygens (including phenoxy) is 1. The van der Waals surface area contributed by atoms with Crippen molar-refractivity contribution in [3.63, 3.8) is 0 Å². The first kappa shape index (κ1) is 14.5. The molecule has 0 spiro atoms. The first-order valence-electron chi connectivity index (χ1n) is 6.67. The lowest BCUT2D eigenvalue weighted by atomic mass is 9.98. The number of halogens is 1. The van der Waals surface area contributed by atoms with Gasteiger partial charge in [0, 0.05) is 30.0 Å². The molecule has 0 aromatic carbocycles. The van der Waals surface area contributed by atoms with Crippen LogP contribution in [0, 0.1) is 5.92 Å². The van der Waals surface area contributed by atoms with Crippen molar-refractivity contribution in [2.24, 2.45) is 5.92 Å². The molecule has 2 rings (SSSR count). The van der Waals surface area contributed by atoms with E-state index in [9.17, 15) is 4.79 Å². The molecular formula is C14H19BrN2O2. The molecule has 1 aromatic rings. The highest BCUT2D eigenvalue weighted by Gasteiger charge is 2.26. The average molecular weight is 327 g/mol. The van der Waals surface area contributed by atoms with Crippen molar-refractivity contribution in [1.29, 1.82) is 0 Å². The Labute approximate surface area is 122 Å². The fourth-order valence-corrected chi connectivity index (χ4v) is 2.86. The Balaban J connectivity index is 1.92. The molecule has 0 aliphatic carbocycles. The lowest BCUT2D eigenvalue weighted by Gasteiger charge is -2.31. The second-order valence-electron chi connectivity index (χ2n) is 4.84. The number of aromatic nitrogens is 1. The lowest BCUT2D eigenvalue weighted by Crippen LogP contribution is -2.38. The van der Waals surface area contributed by atoms with Crippen LogP contribution < -0.4 is 0 Å². The summed E-state index contributed by atoms with van der Waals surface area (Å²) in [6.07, 6.45) is 5.64. The molecule has 1 saturated heterocycles. The van der Waals surface area contributed by atoms with E-state index in [0.717, 1.165) is 36.9 Å². The van der Waals surface area contributed by atoms with E-state index >= 15 is 0 Å². The number of pyridine rings is 1. The minimum absolute atomic E-state index is 0.0220. The Morgan fingerprint density at radius 3 is 3.16 bits per heavy atom. The maximum Gasteiger partial charge on any atom is 0.310 e. The highest BCUT2D eigenvalue weighted by molar-refractivity contribution is 9.10. The van der Waals surface area contributed by atoms with Gasteiger partial charge < -0.3 is 4.74 Å². The fourth-order valence-electron chi connectivity index (χ4n) is 2.45. The SMILES string of the molecule is CCOC(=O)[C@@H]1CCCN(Cc2cncc(Br)c2)C1. The predicted molar refractivity (Wildman–Crippen MR) is 76.6 cm³/mol. The van der Waals surface area contributed by atoms with E-state index < -0.39 is 0 Å². The molecule has 0 unspecified atom stereocenters. The van der Waals surface area contributed by atoms with Gasteiger partial charge in [-0.15, -0.1) is 0 Å². The fraction of sp³-hybridized carbons (Fsp3) is 0.571. The van der Waals surface area contributed by atoms with Crippen LogP contribution in [0.2, 0.25) is 0 Å². The summed E-state index contributed by atoms with van der Waals surface area (Å²) < 4.78 is 6.10. The van der Waals surface area contributed by atoms with Crippen LogP contribution in [0.15, 0.2) is 22.9 Å². The van der Waals surface area contributed by atoms with Gasteiger partial charge in [-0.05, 0) is 53.9 Å². The Hall–Kier alpha value is -0.940. The zero-order valence-corrected chi connectivity index (χ0v) is 12.7. The molecule has 5 heteroatoms. The molecule has 0 saturated carbocycles. The van der Waals surface area contributed by atoms with Crippen LogP contribution in [0.5, 0.6) is 0 Å². The van der Waals surface area contributed by atoms with Crippen LogP contribution in [0.3, 0.4) is 0 Å². The number of nitrogens with zero attached hydrogens (tertiary/aromatic N) is 2. The normalized spacial score (nSPS) is 20.2. The summed E-state index contributed by atoms with van der Waals surface area (Å²) >= 11 is 3.43. The molecule has 1 fully saturated rings. The maximum absolute atomic E-state index is 11.8. The van der Waals surface area contributed by atoms with E-state index in [0.29, 0.717) is 6.61 Å². The van der Waals surface area contributed by atoms with Crippen LogP contribution in [0.4, 0.5) is 0 Å². The molecular weight excluding hydrogens is 308 g/mol. The smallest absolute Gasteiger partial charge is 0.310 e. The number of likely N-dealkylation sites (tertiary alicyclic amines) is 1. The summed E-state index contributed by atoms with van der Waals surface area (Å²) in [5.74, 6) is -0.0339. The standard InChI is InChI=1S/C14H19BrN2O2/c1-2-19-14(18)12-4-3-5-17(10-12)9-11-6-13(15)8-16-7-11/h6-8,12H,2-5,9-10H2,1H3/t12-/m1/s1. The Morgan fingerprint density at radius 1 is 1.58 bits per heavy atom. The van der Waals surface area contributed by atoms with E-state index in [1.165, 1.54) is 5.56 Å². The van der Waals surface area contributed by atoms with E-state index in [4.69, 9.17) is 4.74 Å². The molecule has 104 valence electrons. The quantitative estimate of drug-likeness (QED) is 0.798. The van der Waals surface area contributed by atoms with Crippen LogP contribution in [-0.2, 0) is 16.1 Å². The highest BCUT2D eigenvalue weighted by Crippen LogP contribution is 2.20. The van der Waals surface area contributed by atoms with Crippen molar-refractivity contribution in [2.45, 2.75) is 26.3 Å². The van der Waals surface area contributed by atoms with Crippen molar-refractivity contribution in [3.05, 3.63) is 28.5 Å². The van der Waals surface area contributed by atoms with Gasteiger partial charge in [-0.25, -0.2) is 0 Å². The van der Waals surface area contributed by atoms with Crippen molar-refractivity contribution < 1.29 is 9.53 Å². The van der Waals surface area contributed by atoms with Crippen molar-refractivity contribution in [1.82, 2.24) is 9.88 Å². The molecule has 0 amide bonds. The van der Waals surface area contributed by atoms with Crippen molar-refractivity contribution in [3.8, 4) is 0 Å². The summed E-state index contributed by atoms with van der Waals surface area (Å²) in [5, 5.41) is 0. The molecule has 4 nitrogen and oxygen atoms in total. The third-order valence-corrected chi connectivity index (χ3v) is 3.73. The van der Waals surface area contributed by atoms with Gasteiger partial charge in [-0.2, -0.15) is 0 Å². The monoisotopic (exact) mass is 326 g/mol. The number of piperidine rings is 1. The minimum Gasteiger partial charge on any atom is -0.466 e. The summed E-state index contributed by atoms with van der Waals surface area (Å²) in [4.78, 5) is 18.2. The van der Waals surface area contributed by atoms with Gasteiger partial charge in [-0.1, -0.05) is 0 Å². The largest absolute Gasteiger partial charge is 0.466 e.